The molecule has 0 radical (unpaired) electrons. The van der Waals surface area contributed by atoms with Crippen molar-refractivity contribution < 1.29 is 23.5 Å². The van der Waals surface area contributed by atoms with Gasteiger partial charge >= 0.3 is 12.1 Å². The molecule has 3 N–H and O–H groups in total. The van der Waals surface area contributed by atoms with E-state index >= 15 is 0 Å². The minimum atomic E-state index is -0.508. The summed E-state index contributed by atoms with van der Waals surface area (Å²) in [5.74, 6) is 1.14. The lowest BCUT2D eigenvalue weighted by Gasteiger charge is -2.32. The Morgan fingerprint density at radius 2 is 1.84 bits per heavy atom. The highest BCUT2D eigenvalue weighted by Crippen LogP contribution is 2.34. The van der Waals surface area contributed by atoms with Gasteiger partial charge in [-0.15, -0.1) is 0 Å². The highest BCUT2D eigenvalue weighted by molar-refractivity contribution is 6.08. The average Bonchev–Trinajstić information content (AvgIpc) is 2.94. The maximum atomic E-state index is 13.6. The number of alkyl carbamates (subject to hydrolysis) is 1. The second kappa shape index (κ2) is 15.1. The summed E-state index contributed by atoms with van der Waals surface area (Å²) in [6.45, 7) is 8.67. The van der Waals surface area contributed by atoms with Crippen molar-refractivity contribution in [2.45, 2.75) is 64.5 Å². The van der Waals surface area contributed by atoms with Crippen LogP contribution in [0.2, 0.25) is 0 Å². The predicted octanol–water partition coefficient (Wildman–Crippen LogP) is 5.11. The first-order valence-corrected chi connectivity index (χ1v) is 15.2. The normalized spacial score (nSPS) is 16.4. The number of hydrogen-bond donors (Lipinski definition) is 3. The van der Waals surface area contributed by atoms with E-state index in [2.05, 4.69) is 20.9 Å². The van der Waals surface area contributed by atoms with Crippen LogP contribution in [0.4, 0.5) is 19.7 Å². The van der Waals surface area contributed by atoms with Crippen LogP contribution in [0.1, 0.15) is 51.2 Å². The third-order valence-electron chi connectivity index (χ3n) is 7.15. The first-order chi connectivity index (χ1) is 20.9. The van der Waals surface area contributed by atoms with E-state index in [0.717, 1.165) is 56.4 Å². The summed E-state index contributed by atoms with van der Waals surface area (Å²) < 4.78 is 25.0. The van der Waals surface area contributed by atoms with Gasteiger partial charge in [0, 0.05) is 46.0 Å². The molecule has 3 amide bonds. The van der Waals surface area contributed by atoms with E-state index in [1.807, 2.05) is 64.0 Å². The molecular formula is C33H45FN6O4. The minimum Gasteiger partial charge on any atom is -0.450 e. The van der Waals surface area contributed by atoms with Crippen molar-refractivity contribution in [2.24, 2.45) is 4.99 Å². The molecule has 2 aliphatic rings. The van der Waals surface area contributed by atoms with Gasteiger partial charge in [-0.1, -0.05) is 18.2 Å². The van der Waals surface area contributed by atoms with Crippen molar-refractivity contribution in [1.29, 1.82) is 0 Å². The maximum absolute atomic E-state index is 13.6. The van der Waals surface area contributed by atoms with E-state index < -0.39 is 11.7 Å². The summed E-state index contributed by atoms with van der Waals surface area (Å²) in [4.78, 5) is 33.8. The van der Waals surface area contributed by atoms with Gasteiger partial charge in [0.2, 0.25) is 0 Å². The molecule has 0 atom stereocenters. The molecule has 10 nitrogen and oxygen atoms in total. The first kappa shape index (κ1) is 32.8. The quantitative estimate of drug-likeness (QED) is 0.342. The summed E-state index contributed by atoms with van der Waals surface area (Å²) >= 11 is 0. The van der Waals surface area contributed by atoms with Gasteiger partial charge in [0.15, 0.2) is 17.3 Å². The smallest absolute Gasteiger partial charge is 0.407 e. The Labute approximate surface area is 259 Å². The third kappa shape index (κ3) is 10.6. The van der Waals surface area contributed by atoms with Crippen molar-refractivity contribution in [1.82, 2.24) is 25.8 Å². The number of likely N-dealkylation sites (tertiary alicyclic amines) is 1. The molecule has 4 rings (SSSR count). The summed E-state index contributed by atoms with van der Waals surface area (Å²) in [6.07, 6.45) is 5.27. The number of urea groups is 1. The zero-order valence-corrected chi connectivity index (χ0v) is 26.4. The number of aryl methyl sites for hydroxylation is 2. The number of aliphatic imine (C=N–C) groups is 1. The average molecular weight is 609 g/mol. The summed E-state index contributed by atoms with van der Waals surface area (Å²) in [5.41, 5.74) is 2.09. The van der Waals surface area contributed by atoms with Crippen molar-refractivity contribution in [3.05, 3.63) is 71.4 Å². The molecule has 238 valence electrons. The van der Waals surface area contributed by atoms with Crippen LogP contribution >= 0.6 is 0 Å². The lowest BCUT2D eigenvalue weighted by molar-refractivity contribution is 0.0525. The van der Waals surface area contributed by atoms with Crippen LogP contribution in [0.5, 0.6) is 5.75 Å². The number of carbonyl (C=O) groups is 2. The molecule has 1 saturated heterocycles. The monoisotopic (exact) mass is 608 g/mol. The van der Waals surface area contributed by atoms with Crippen molar-refractivity contribution in [2.75, 3.05) is 40.3 Å². The van der Waals surface area contributed by atoms with Gasteiger partial charge < -0.3 is 29.9 Å². The van der Waals surface area contributed by atoms with E-state index in [9.17, 15) is 14.0 Å². The number of ether oxygens (including phenoxy) is 2. The fourth-order valence-corrected chi connectivity index (χ4v) is 5.06. The zero-order chi connectivity index (χ0) is 31.7. The summed E-state index contributed by atoms with van der Waals surface area (Å²) in [7, 11) is 3.75. The van der Waals surface area contributed by atoms with Gasteiger partial charge in [0.1, 0.15) is 17.1 Å². The standard InChI is InChI=1S/C33H45FN6O4/c1-33(2,3)44-32(42)35-16-7-17-40-18-14-26(15-19-40)36-31(41)38-30-29(22-39(4)5)43-28-13-12-24(21-27(28)37-30)11-10-23-8-6-9-25(34)20-23/h6,8-9,12-13,20-22,26H,7,10-11,14-19H2,1-5H3,(H,35,42)(H2,36,37,38,41). The Kier molecular flexibility index (Phi) is 11.2. The molecule has 0 spiro atoms. The molecule has 2 aromatic rings. The number of nitrogens with one attached hydrogen (secondary N) is 3. The van der Waals surface area contributed by atoms with Crippen LogP contribution in [0.3, 0.4) is 0 Å². The number of nitrogens with zero attached hydrogens (tertiary/aromatic N) is 3. The molecule has 2 aromatic carbocycles. The minimum absolute atomic E-state index is 0.0410. The SMILES string of the molecule is CN(C)C=C1Oc2ccc(CCc3cccc(F)c3)cc2N=C1NC(=O)NC1CCN(CCCNC(=O)OC(C)(C)C)CC1. The number of amidine groups is 1. The Morgan fingerprint density at radius 1 is 1.11 bits per heavy atom. The van der Waals surface area contributed by atoms with E-state index in [-0.39, 0.29) is 17.9 Å². The van der Waals surface area contributed by atoms with E-state index in [0.29, 0.717) is 36.0 Å². The van der Waals surface area contributed by atoms with Gasteiger partial charge in [-0.3, -0.25) is 5.32 Å². The Balaban J connectivity index is 1.28. The second-order valence-electron chi connectivity index (χ2n) is 12.4. The number of hydrogen-bond acceptors (Lipinski definition) is 7. The van der Waals surface area contributed by atoms with Gasteiger partial charge in [-0.05, 0) is 94.8 Å². The highest BCUT2D eigenvalue weighted by atomic mass is 19.1. The third-order valence-corrected chi connectivity index (χ3v) is 7.15. The predicted molar refractivity (Wildman–Crippen MR) is 170 cm³/mol. The number of benzene rings is 2. The number of carbonyl (C=O) groups excluding carboxylic acids is 2. The Hall–Kier alpha value is -4.12. The number of amides is 3. The number of rotatable bonds is 9. The molecule has 0 aliphatic carbocycles. The van der Waals surface area contributed by atoms with E-state index in [4.69, 9.17) is 14.5 Å². The van der Waals surface area contributed by atoms with Gasteiger partial charge in [0.25, 0.3) is 0 Å². The number of piperidine rings is 1. The van der Waals surface area contributed by atoms with Crippen molar-refractivity contribution in [3.63, 3.8) is 0 Å². The molecule has 2 aliphatic heterocycles. The molecule has 11 heteroatoms. The molecule has 0 saturated carbocycles. The van der Waals surface area contributed by atoms with Crippen LogP contribution in [-0.4, -0.2) is 79.7 Å². The fraction of sp³-hybridized carbons (Fsp3) is 0.485. The lowest BCUT2D eigenvalue weighted by atomic mass is 10.0. The first-order valence-electron chi connectivity index (χ1n) is 15.2. The van der Waals surface area contributed by atoms with Crippen LogP contribution in [-0.2, 0) is 17.6 Å². The molecule has 0 bridgehead atoms. The van der Waals surface area contributed by atoms with Gasteiger partial charge in [-0.2, -0.15) is 0 Å². The zero-order valence-electron chi connectivity index (χ0n) is 26.4. The summed E-state index contributed by atoms with van der Waals surface area (Å²) in [5, 5.41) is 8.78. The maximum Gasteiger partial charge on any atom is 0.407 e. The molecular weight excluding hydrogens is 563 g/mol. The summed E-state index contributed by atoms with van der Waals surface area (Å²) in [6, 6.07) is 12.1. The van der Waals surface area contributed by atoms with Crippen molar-refractivity contribution in [3.8, 4) is 5.75 Å². The van der Waals surface area contributed by atoms with Crippen molar-refractivity contribution >= 4 is 23.6 Å². The molecule has 44 heavy (non-hydrogen) atoms. The fourth-order valence-electron chi connectivity index (χ4n) is 5.06. The molecule has 0 unspecified atom stereocenters. The Morgan fingerprint density at radius 3 is 2.52 bits per heavy atom. The van der Waals surface area contributed by atoms with E-state index in [1.165, 1.54) is 6.07 Å². The number of fused-ring (bicyclic) bond motifs is 1. The second-order valence-corrected chi connectivity index (χ2v) is 12.4. The highest BCUT2D eigenvalue weighted by Gasteiger charge is 2.25. The van der Waals surface area contributed by atoms with Gasteiger partial charge in [-0.25, -0.2) is 19.0 Å². The number of halogens is 1. The lowest BCUT2D eigenvalue weighted by Crippen LogP contribution is -2.50. The van der Waals surface area contributed by atoms with Crippen LogP contribution in [0.15, 0.2) is 59.4 Å². The van der Waals surface area contributed by atoms with Crippen LogP contribution < -0.4 is 20.7 Å². The topological polar surface area (TPSA) is 108 Å². The largest absolute Gasteiger partial charge is 0.450 e. The van der Waals surface area contributed by atoms with Gasteiger partial charge in [0.05, 0.1) is 0 Å². The van der Waals surface area contributed by atoms with Crippen LogP contribution in [0, 0.1) is 5.82 Å². The molecule has 2 heterocycles. The Bertz CT molecular complexity index is 1360. The molecule has 0 aromatic heterocycles. The van der Waals surface area contributed by atoms with E-state index in [1.54, 1.807) is 18.3 Å². The van der Waals surface area contributed by atoms with Crippen LogP contribution in [0.25, 0.3) is 0 Å². The molecule has 1 fully saturated rings.